The summed E-state index contributed by atoms with van der Waals surface area (Å²) in [5, 5.41) is 8.60. The highest BCUT2D eigenvalue weighted by molar-refractivity contribution is 5.38. The van der Waals surface area contributed by atoms with Crippen LogP contribution >= 0.6 is 0 Å². The summed E-state index contributed by atoms with van der Waals surface area (Å²) in [6, 6.07) is 6.06. The van der Waals surface area contributed by atoms with Crippen LogP contribution in [0.1, 0.15) is 43.4 Å². The first-order valence-electron chi connectivity index (χ1n) is 8.94. The van der Waals surface area contributed by atoms with Gasteiger partial charge in [0.1, 0.15) is 5.82 Å². The van der Waals surface area contributed by atoms with E-state index in [9.17, 15) is 0 Å². The van der Waals surface area contributed by atoms with Crippen LogP contribution in [0.4, 0.5) is 5.82 Å². The van der Waals surface area contributed by atoms with Crippen molar-refractivity contribution < 1.29 is 9.15 Å². The van der Waals surface area contributed by atoms with E-state index in [1.165, 1.54) is 0 Å². The number of nitrogens with zero attached hydrogens (tertiary/aromatic N) is 4. The van der Waals surface area contributed by atoms with Gasteiger partial charge in [0.15, 0.2) is 0 Å². The normalized spacial score (nSPS) is 20.4. The van der Waals surface area contributed by atoms with Crippen molar-refractivity contribution in [1.29, 1.82) is 0 Å². The maximum atomic E-state index is 5.97. The molecule has 0 atom stereocenters. The molecular formula is C18H24N4O2. The van der Waals surface area contributed by atoms with Crippen LogP contribution in [0.15, 0.2) is 28.8 Å². The molecule has 24 heavy (non-hydrogen) atoms. The van der Waals surface area contributed by atoms with Gasteiger partial charge in [0.05, 0.1) is 0 Å². The average Bonchev–Trinajstić information content (AvgIpc) is 3.12. The van der Waals surface area contributed by atoms with E-state index in [0.717, 1.165) is 76.0 Å². The van der Waals surface area contributed by atoms with Gasteiger partial charge < -0.3 is 14.1 Å². The van der Waals surface area contributed by atoms with Gasteiger partial charge in [-0.05, 0) is 43.7 Å². The zero-order valence-corrected chi connectivity index (χ0v) is 13.9. The van der Waals surface area contributed by atoms with E-state index in [-0.39, 0.29) is 0 Å². The summed E-state index contributed by atoms with van der Waals surface area (Å²) < 4.78 is 11.4. The van der Waals surface area contributed by atoms with Crippen LogP contribution in [0, 0.1) is 5.92 Å². The van der Waals surface area contributed by atoms with Crippen molar-refractivity contribution >= 4 is 5.82 Å². The third-order valence-electron chi connectivity index (χ3n) is 5.10. The first-order chi connectivity index (χ1) is 11.9. The van der Waals surface area contributed by atoms with Crippen LogP contribution in [-0.2, 0) is 11.2 Å². The molecule has 2 aromatic rings. The molecule has 0 unspecified atom stereocenters. The van der Waals surface area contributed by atoms with Gasteiger partial charge in [-0.2, -0.15) is 0 Å². The highest BCUT2D eigenvalue weighted by Crippen LogP contribution is 2.29. The molecule has 0 aliphatic carbocycles. The Hall–Kier alpha value is -1.95. The van der Waals surface area contributed by atoms with Gasteiger partial charge in [-0.3, -0.25) is 0 Å². The van der Waals surface area contributed by atoms with Gasteiger partial charge in [-0.1, -0.05) is 6.07 Å². The van der Waals surface area contributed by atoms with Crippen LogP contribution in [0.25, 0.3) is 0 Å². The molecule has 0 saturated carbocycles. The minimum atomic E-state index is 0.376. The molecule has 2 aliphatic heterocycles. The van der Waals surface area contributed by atoms with E-state index in [2.05, 4.69) is 26.1 Å². The summed E-state index contributed by atoms with van der Waals surface area (Å²) in [5.74, 6) is 3.67. The van der Waals surface area contributed by atoms with E-state index in [4.69, 9.17) is 9.15 Å². The predicted octanol–water partition coefficient (Wildman–Crippen LogP) is 2.82. The fraction of sp³-hybridized carbons (Fsp3) is 0.611. The monoisotopic (exact) mass is 328 g/mol. The predicted molar refractivity (Wildman–Crippen MR) is 90.0 cm³/mol. The Morgan fingerprint density at radius 3 is 2.62 bits per heavy atom. The van der Waals surface area contributed by atoms with E-state index in [0.29, 0.717) is 11.8 Å². The molecule has 0 spiro atoms. The molecule has 2 aromatic heterocycles. The van der Waals surface area contributed by atoms with Crippen LogP contribution in [0.2, 0.25) is 0 Å². The number of ether oxygens (including phenoxy) is 1. The third-order valence-corrected chi connectivity index (χ3v) is 5.10. The first-order valence-corrected chi connectivity index (χ1v) is 8.94. The molecule has 4 heterocycles. The van der Waals surface area contributed by atoms with E-state index < -0.39 is 0 Å². The number of hydrogen-bond acceptors (Lipinski definition) is 6. The van der Waals surface area contributed by atoms with Gasteiger partial charge >= 0.3 is 0 Å². The second-order valence-electron chi connectivity index (χ2n) is 6.74. The highest BCUT2D eigenvalue weighted by atomic mass is 16.5. The van der Waals surface area contributed by atoms with Crippen molar-refractivity contribution in [2.45, 2.75) is 38.0 Å². The lowest BCUT2D eigenvalue weighted by atomic mass is 9.96. The minimum Gasteiger partial charge on any atom is -0.425 e. The molecule has 6 heteroatoms. The topological polar surface area (TPSA) is 64.3 Å². The minimum absolute atomic E-state index is 0.376. The van der Waals surface area contributed by atoms with Crippen molar-refractivity contribution in [2.75, 3.05) is 31.2 Å². The average molecular weight is 328 g/mol. The van der Waals surface area contributed by atoms with Gasteiger partial charge in [0.2, 0.25) is 11.8 Å². The largest absolute Gasteiger partial charge is 0.425 e. The molecular weight excluding hydrogens is 304 g/mol. The molecule has 2 aliphatic rings. The zero-order chi connectivity index (χ0) is 16.2. The summed E-state index contributed by atoms with van der Waals surface area (Å²) in [5.41, 5.74) is 0. The van der Waals surface area contributed by atoms with Crippen LogP contribution in [-0.4, -0.2) is 41.5 Å². The lowest BCUT2D eigenvalue weighted by Gasteiger charge is -2.31. The molecule has 2 saturated heterocycles. The summed E-state index contributed by atoms with van der Waals surface area (Å²) in [4.78, 5) is 6.76. The Bertz CT molecular complexity index is 631. The first kappa shape index (κ1) is 15.6. The van der Waals surface area contributed by atoms with E-state index in [1.54, 1.807) is 0 Å². The van der Waals surface area contributed by atoms with Gasteiger partial charge in [-0.15, -0.1) is 10.2 Å². The highest BCUT2D eigenvalue weighted by Gasteiger charge is 2.26. The smallest absolute Gasteiger partial charge is 0.219 e. The number of hydrogen-bond donors (Lipinski definition) is 0. The molecule has 0 N–H and O–H groups in total. The van der Waals surface area contributed by atoms with Crippen molar-refractivity contribution in [3.05, 3.63) is 36.2 Å². The molecule has 0 amide bonds. The van der Waals surface area contributed by atoms with Gasteiger partial charge in [-0.25, -0.2) is 4.98 Å². The maximum absolute atomic E-state index is 5.97. The molecule has 0 aromatic carbocycles. The molecule has 128 valence electrons. The second kappa shape index (κ2) is 7.30. The van der Waals surface area contributed by atoms with Gasteiger partial charge in [0.25, 0.3) is 0 Å². The zero-order valence-electron chi connectivity index (χ0n) is 13.9. The van der Waals surface area contributed by atoms with Crippen LogP contribution in [0.5, 0.6) is 0 Å². The second-order valence-corrected chi connectivity index (χ2v) is 6.74. The maximum Gasteiger partial charge on any atom is 0.219 e. The number of aromatic nitrogens is 3. The Labute approximate surface area is 142 Å². The Balaban J connectivity index is 1.32. The number of anilines is 1. The fourth-order valence-electron chi connectivity index (χ4n) is 3.61. The Morgan fingerprint density at radius 1 is 1.04 bits per heavy atom. The lowest BCUT2D eigenvalue weighted by Crippen LogP contribution is -2.33. The van der Waals surface area contributed by atoms with Crippen molar-refractivity contribution in [2.24, 2.45) is 5.92 Å². The van der Waals surface area contributed by atoms with Crippen LogP contribution < -0.4 is 4.90 Å². The summed E-state index contributed by atoms with van der Waals surface area (Å²) in [6.45, 7) is 3.69. The SMILES string of the molecule is c1ccc(N2CCC(c3nnc(CC4CCOCC4)o3)CC2)nc1. The summed E-state index contributed by atoms with van der Waals surface area (Å²) in [7, 11) is 0. The summed E-state index contributed by atoms with van der Waals surface area (Å²) >= 11 is 0. The standard InChI is InChI=1S/C18H24N4O2/c1-2-8-19-16(3-1)22-9-4-15(5-10-22)18-21-20-17(24-18)13-14-6-11-23-12-7-14/h1-3,8,14-15H,4-7,9-13H2. The van der Waals surface area contributed by atoms with E-state index >= 15 is 0 Å². The van der Waals surface area contributed by atoms with Crippen molar-refractivity contribution in [3.8, 4) is 0 Å². The van der Waals surface area contributed by atoms with Crippen molar-refractivity contribution in [3.63, 3.8) is 0 Å². The van der Waals surface area contributed by atoms with Gasteiger partial charge in [0, 0.05) is 44.8 Å². The summed E-state index contributed by atoms with van der Waals surface area (Å²) in [6.07, 6.45) is 7.01. The Morgan fingerprint density at radius 2 is 1.88 bits per heavy atom. The van der Waals surface area contributed by atoms with E-state index in [1.807, 2.05) is 18.3 Å². The lowest BCUT2D eigenvalue weighted by molar-refractivity contribution is 0.0645. The van der Waals surface area contributed by atoms with Crippen molar-refractivity contribution in [1.82, 2.24) is 15.2 Å². The molecule has 4 rings (SSSR count). The number of piperidine rings is 1. The number of pyridine rings is 1. The van der Waals surface area contributed by atoms with Crippen LogP contribution in [0.3, 0.4) is 0 Å². The third kappa shape index (κ3) is 3.59. The number of rotatable bonds is 4. The molecule has 0 radical (unpaired) electrons. The quantitative estimate of drug-likeness (QED) is 0.860. The molecule has 0 bridgehead atoms. The molecule has 2 fully saturated rings. The fourth-order valence-corrected chi connectivity index (χ4v) is 3.61. The molecule has 6 nitrogen and oxygen atoms in total. The Kier molecular flexibility index (Phi) is 4.74.